The van der Waals surface area contributed by atoms with Crippen molar-refractivity contribution < 1.29 is 17.9 Å². The van der Waals surface area contributed by atoms with Gasteiger partial charge in [0, 0.05) is 5.39 Å². The molecular formula is C22H28N4O4S. The number of anilines is 1. The molecule has 2 heterocycles. The van der Waals surface area contributed by atoms with E-state index in [1.54, 1.807) is 6.92 Å². The molecule has 3 rings (SSSR count). The van der Waals surface area contributed by atoms with Gasteiger partial charge < -0.3 is 4.74 Å². The van der Waals surface area contributed by atoms with Gasteiger partial charge in [0.2, 0.25) is 10.0 Å². The molecule has 0 unspecified atom stereocenters. The molecule has 0 saturated heterocycles. The van der Waals surface area contributed by atoms with Crippen LogP contribution in [0.3, 0.4) is 0 Å². The number of nitrogens with zero attached hydrogens (tertiary/aromatic N) is 3. The van der Waals surface area contributed by atoms with Crippen molar-refractivity contribution in [1.29, 1.82) is 0 Å². The van der Waals surface area contributed by atoms with Gasteiger partial charge in [-0.15, -0.1) is 0 Å². The minimum Gasteiger partial charge on any atom is -0.462 e. The predicted molar refractivity (Wildman–Crippen MR) is 121 cm³/mol. The van der Waals surface area contributed by atoms with Crippen LogP contribution in [0, 0.1) is 20.8 Å². The van der Waals surface area contributed by atoms with E-state index in [0.29, 0.717) is 12.2 Å². The van der Waals surface area contributed by atoms with Gasteiger partial charge in [0.15, 0.2) is 11.6 Å². The van der Waals surface area contributed by atoms with Crippen molar-refractivity contribution in [3.05, 3.63) is 46.6 Å². The van der Waals surface area contributed by atoms with E-state index in [1.807, 2.05) is 39.8 Å². The van der Waals surface area contributed by atoms with Gasteiger partial charge in [0.1, 0.15) is 5.56 Å². The molecular weight excluding hydrogens is 416 g/mol. The van der Waals surface area contributed by atoms with Crippen molar-refractivity contribution in [2.75, 3.05) is 17.1 Å². The minimum absolute atomic E-state index is 0.0329. The second-order valence-electron chi connectivity index (χ2n) is 7.59. The number of sulfonamides is 1. The number of carbonyl (C=O) groups excluding carboxylic acids is 1. The highest BCUT2D eigenvalue weighted by atomic mass is 32.2. The van der Waals surface area contributed by atoms with Crippen molar-refractivity contribution >= 4 is 32.7 Å². The van der Waals surface area contributed by atoms with E-state index in [9.17, 15) is 13.2 Å². The number of carbonyl (C=O) groups is 1. The summed E-state index contributed by atoms with van der Waals surface area (Å²) in [6, 6.07) is 5.93. The van der Waals surface area contributed by atoms with Crippen molar-refractivity contribution in [2.24, 2.45) is 0 Å². The Bertz CT molecular complexity index is 1230. The molecule has 0 saturated carbocycles. The lowest BCUT2D eigenvalue weighted by Gasteiger charge is -2.14. The largest absolute Gasteiger partial charge is 0.462 e. The Kier molecular flexibility index (Phi) is 6.64. The number of pyridine rings is 1. The Labute approximate surface area is 182 Å². The van der Waals surface area contributed by atoms with Gasteiger partial charge in [-0.05, 0) is 57.4 Å². The number of aryl methyl sites for hydroxylation is 3. The lowest BCUT2D eigenvalue weighted by molar-refractivity contribution is 0.0527. The third-order valence-electron chi connectivity index (χ3n) is 4.94. The number of ether oxygens (including phenoxy) is 1. The zero-order valence-electron chi connectivity index (χ0n) is 18.5. The van der Waals surface area contributed by atoms with Crippen LogP contribution in [0.4, 0.5) is 5.82 Å². The van der Waals surface area contributed by atoms with Crippen molar-refractivity contribution in [1.82, 2.24) is 14.8 Å². The molecule has 0 aliphatic carbocycles. The summed E-state index contributed by atoms with van der Waals surface area (Å²) >= 11 is 0. The number of fused-ring (bicyclic) bond motifs is 1. The molecule has 2 aromatic heterocycles. The molecule has 0 aliphatic heterocycles. The summed E-state index contributed by atoms with van der Waals surface area (Å²) in [4.78, 5) is 17.2. The summed E-state index contributed by atoms with van der Waals surface area (Å²) < 4.78 is 34.2. The first-order valence-corrected chi connectivity index (χ1v) is 12.0. The van der Waals surface area contributed by atoms with Gasteiger partial charge in [0.05, 0.1) is 24.1 Å². The van der Waals surface area contributed by atoms with Crippen molar-refractivity contribution in [3.63, 3.8) is 0 Å². The first-order valence-electron chi connectivity index (χ1n) is 10.3. The monoisotopic (exact) mass is 444 g/mol. The van der Waals surface area contributed by atoms with E-state index in [2.05, 4.69) is 15.9 Å². The Morgan fingerprint density at radius 2 is 1.87 bits per heavy atom. The normalized spacial score (nSPS) is 11.6. The number of esters is 1. The van der Waals surface area contributed by atoms with Gasteiger partial charge in [-0.1, -0.05) is 25.0 Å². The molecule has 3 aromatic rings. The summed E-state index contributed by atoms with van der Waals surface area (Å²) in [6.45, 7) is 9.74. The second kappa shape index (κ2) is 9.05. The maximum atomic E-state index is 12.6. The van der Waals surface area contributed by atoms with E-state index < -0.39 is 16.0 Å². The average molecular weight is 445 g/mol. The average Bonchev–Trinajstić information content (AvgIpc) is 3.10. The Morgan fingerprint density at radius 1 is 1.13 bits per heavy atom. The zero-order valence-corrected chi connectivity index (χ0v) is 19.3. The van der Waals surface area contributed by atoms with Gasteiger partial charge in [0.25, 0.3) is 0 Å². The number of hydrogen-bond acceptors (Lipinski definition) is 6. The fourth-order valence-corrected chi connectivity index (χ4v) is 4.71. The van der Waals surface area contributed by atoms with Gasteiger partial charge in [-0.25, -0.2) is 18.2 Å². The molecule has 166 valence electrons. The summed E-state index contributed by atoms with van der Waals surface area (Å²) in [5.41, 5.74) is 3.95. The van der Waals surface area contributed by atoms with Gasteiger partial charge in [-0.2, -0.15) is 9.78 Å². The Balaban J connectivity index is 2.18. The van der Waals surface area contributed by atoms with Crippen LogP contribution in [0.2, 0.25) is 0 Å². The lowest BCUT2D eigenvalue weighted by atomic mass is 10.0. The Hall–Kier alpha value is -2.94. The molecule has 0 radical (unpaired) electrons. The van der Waals surface area contributed by atoms with Crippen LogP contribution in [0.1, 0.15) is 53.7 Å². The van der Waals surface area contributed by atoms with Crippen LogP contribution in [0.25, 0.3) is 16.7 Å². The first kappa shape index (κ1) is 22.7. The summed E-state index contributed by atoms with van der Waals surface area (Å²) in [7, 11) is -3.68. The quantitative estimate of drug-likeness (QED) is 0.526. The van der Waals surface area contributed by atoms with Crippen molar-refractivity contribution in [3.8, 4) is 5.82 Å². The number of nitrogens with one attached hydrogen (secondary N) is 1. The molecule has 0 aliphatic rings. The number of unbranched alkanes of at least 4 members (excludes halogenated alkanes) is 1. The van der Waals surface area contributed by atoms with E-state index in [-0.39, 0.29) is 23.7 Å². The molecule has 8 nitrogen and oxygen atoms in total. The summed E-state index contributed by atoms with van der Waals surface area (Å²) in [6.07, 6.45) is 2.54. The second-order valence-corrected chi connectivity index (χ2v) is 9.43. The fraction of sp³-hybridized carbons (Fsp3) is 0.409. The highest BCUT2D eigenvalue weighted by Gasteiger charge is 2.24. The van der Waals surface area contributed by atoms with Crippen LogP contribution in [-0.4, -0.2) is 41.5 Å². The predicted octanol–water partition coefficient (Wildman–Crippen LogP) is 4.06. The highest BCUT2D eigenvalue weighted by Crippen LogP contribution is 2.27. The number of rotatable bonds is 8. The maximum absolute atomic E-state index is 12.6. The minimum atomic E-state index is -3.68. The topological polar surface area (TPSA) is 103 Å². The van der Waals surface area contributed by atoms with E-state index in [0.717, 1.165) is 34.0 Å². The number of aromatic nitrogens is 3. The number of hydrogen-bond donors (Lipinski definition) is 1. The highest BCUT2D eigenvalue weighted by molar-refractivity contribution is 7.92. The zero-order chi connectivity index (χ0) is 22.8. The summed E-state index contributed by atoms with van der Waals surface area (Å²) in [5.74, 6) is -0.253. The standard InChI is InChI=1S/C22H28N4O4S/c1-6-8-9-31(28,29)25-21-18(22(27)30-7-2)13-23-26(21)19-12-15(4)17-11-14(3)10-16(5)20(17)24-19/h10-13,25H,6-9H2,1-5H3. The fourth-order valence-electron chi connectivity index (χ4n) is 3.45. The van der Waals surface area contributed by atoms with Crippen LogP contribution in [0.15, 0.2) is 24.4 Å². The number of benzene rings is 1. The molecule has 1 N–H and O–H groups in total. The molecule has 0 atom stereocenters. The van der Waals surface area contributed by atoms with Crippen LogP contribution >= 0.6 is 0 Å². The van der Waals surface area contributed by atoms with Gasteiger partial charge >= 0.3 is 5.97 Å². The van der Waals surface area contributed by atoms with E-state index >= 15 is 0 Å². The molecule has 0 fully saturated rings. The molecule has 0 spiro atoms. The third kappa shape index (κ3) is 4.87. The lowest BCUT2D eigenvalue weighted by Crippen LogP contribution is -2.21. The third-order valence-corrected chi connectivity index (χ3v) is 6.27. The molecule has 0 amide bonds. The SMILES string of the molecule is CCCCS(=O)(=O)Nc1c(C(=O)OCC)cnn1-c1cc(C)c2cc(C)cc(C)c2n1. The molecule has 0 bridgehead atoms. The first-order chi connectivity index (χ1) is 14.7. The van der Waals surface area contributed by atoms with Crippen LogP contribution < -0.4 is 4.72 Å². The smallest absolute Gasteiger partial charge is 0.343 e. The Morgan fingerprint density at radius 3 is 2.55 bits per heavy atom. The maximum Gasteiger partial charge on any atom is 0.343 e. The molecule has 31 heavy (non-hydrogen) atoms. The van der Waals surface area contributed by atoms with Gasteiger partial charge in [-0.3, -0.25) is 4.72 Å². The van der Waals surface area contributed by atoms with E-state index in [1.165, 1.54) is 10.9 Å². The van der Waals surface area contributed by atoms with Crippen LogP contribution in [-0.2, 0) is 14.8 Å². The molecule has 1 aromatic carbocycles. The molecule has 9 heteroatoms. The summed E-state index contributed by atoms with van der Waals surface area (Å²) in [5, 5.41) is 5.29. The van der Waals surface area contributed by atoms with Crippen LogP contribution in [0.5, 0.6) is 0 Å². The van der Waals surface area contributed by atoms with E-state index in [4.69, 9.17) is 9.72 Å². The van der Waals surface area contributed by atoms with Crippen molar-refractivity contribution in [2.45, 2.75) is 47.5 Å².